The van der Waals surface area contributed by atoms with E-state index in [-0.39, 0.29) is 11.4 Å². The lowest BCUT2D eigenvalue weighted by Crippen LogP contribution is -2.00. The molecule has 0 spiro atoms. The van der Waals surface area contributed by atoms with E-state index >= 15 is 0 Å². The van der Waals surface area contributed by atoms with Crippen LogP contribution in [-0.2, 0) is 0 Å². The second kappa shape index (κ2) is 4.83. The maximum Gasteiger partial charge on any atom is 0.337 e. The minimum Gasteiger partial charge on any atom is -0.478 e. The van der Waals surface area contributed by atoms with Crippen LogP contribution in [0.5, 0.6) is 11.6 Å². The minimum atomic E-state index is -1.23. The van der Waals surface area contributed by atoms with Crippen LogP contribution in [0.4, 0.5) is 4.39 Å². The van der Waals surface area contributed by atoms with E-state index in [9.17, 15) is 9.18 Å². The van der Waals surface area contributed by atoms with E-state index in [4.69, 9.17) is 9.84 Å². The maximum absolute atomic E-state index is 13.5. The Morgan fingerprint density at radius 3 is 2.56 bits per heavy atom. The van der Waals surface area contributed by atoms with E-state index in [2.05, 4.69) is 4.98 Å². The third-order valence-corrected chi connectivity index (χ3v) is 2.29. The third-order valence-electron chi connectivity index (χ3n) is 2.29. The second-order valence-electron chi connectivity index (χ2n) is 3.73. The first kappa shape index (κ1) is 12.0. The molecule has 18 heavy (non-hydrogen) atoms. The number of carboxylic acid groups (broad SMARTS) is 1. The smallest absolute Gasteiger partial charge is 0.337 e. The highest BCUT2D eigenvalue weighted by atomic mass is 19.1. The van der Waals surface area contributed by atoms with Crippen LogP contribution in [0.1, 0.15) is 15.9 Å². The molecular formula is C13H10FNO3. The monoisotopic (exact) mass is 247 g/mol. The van der Waals surface area contributed by atoms with Crippen molar-refractivity contribution < 1.29 is 19.0 Å². The van der Waals surface area contributed by atoms with E-state index in [1.807, 2.05) is 19.1 Å². The zero-order chi connectivity index (χ0) is 13.1. The van der Waals surface area contributed by atoms with Crippen LogP contribution >= 0.6 is 0 Å². The second-order valence-corrected chi connectivity index (χ2v) is 3.73. The Bertz CT molecular complexity index is 581. The Morgan fingerprint density at radius 1 is 1.33 bits per heavy atom. The van der Waals surface area contributed by atoms with Gasteiger partial charge in [-0.3, -0.25) is 0 Å². The highest BCUT2D eigenvalue weighted by molar-refractivity contribution is 5.87. The van der Waals surface area contributed by atoms with Crippen molar-refractivity contribution in [1.82, 2.24) is 4.98 Å². The van der Waals surface area contributed by atoms with Crippen molar-refractivity contribution in [2.24, 2.45) is 0 Å². The number of aryl methyl sites for hydroxylation is 1. The van der Waals surface area contributed by atoms with Crippen molar-refractivity contribution in [2.45, 2.75) is 6.92 Å². The van der Waals surface area contributed by atoms with Gasteiger partial charge in [0.05, 0.1) is 5.56 Å². The van der Waals surface area contributed by atoms with Gasteiger partial charge in [-0.25, -0.2) is 14.2 Å². The Labute approximate surface area is 103 Å². The van der Waals surface area contributed by atoms with Crippen LogP contribution in [0.15, 0.2) is 36.5 Å². The van der Waals surface area contributed by atoms with Crippen molar-refractivity contribution >= 4 is 5.97 Å². The predicted octanol–water partition coefficient (Wildman–Crippen LogP) is 3.02. The van der Waals surface area contributed by atoms with Crippen LogP contribution in [0.3, 0.4) is 0 Å². The first-order valence-corrected chi connectivity index (χ1v) is 5.19. The molecule has 0 unspecified atom stereocenters. The summed E-state index contributed by atoms with van der Waals surface area (Å²) < 4.78 is 18.7. The van der Waals surface area contributed by atoms with Crippen molar-refractivity contribution in [1.29, 1.82) is 0 Å². The fourth-order valence-corrected chi connectivity index (χ4v) is 1.34. The summed E-state index contributed by atoms with van der Waals surface area (Å²) in [6.45, 7) is 1.92. The van der Waals surface area contributed by atoms with Crippen LogP contribution in [-0.4, -0.2) is 16.1 Å². The summed E-state index contributed by atoms with van der Waals surface area (Å²) in [6.07, 6.45) is 1.05. The number of pyridine rings is 1. The molecule has 0 amide bonds. The Kier molecular flexibility index (Phi) is 3.23. The van der Waals surface area contributed by atoms with E-state index in [0.717, 1.165) is 17.8 Å². The normalized spacial score (nSPS) is 10.1. The van der Waals surface area contributed by atoms with Gasteiger partial charge in [0.25, 0.3) is 5.88 Å². The Balaban J connectivity index is 2.24. The first-order valence-electron chi connectivity index (χ1n) is 5.19. The average Bonchev–Trinajstić information content (AvgIpc) is 2.34. The SMILES string of the molecule is Cc1ccc(Oc2ncc(C(=O)O)cc2F)cc1. The summed E-state index contributed by atoms with van der Waals surface area (Å²) >= 11 is 0. The van der Waals surface area contributed by atoms with Gasteiger partial charge in [0.1, 0.15) is 5.75 Å². The van der Waals surface area contributed by atoms with E-state index in [1.54, 1.807) is 12.1 Å². The van der Waals surface area contributed by atoms with Crippen LogP contribution in [0.25, 0.3) is 0 Å². The topological polar surface area (TPSA) is 59.4 Å². The van der Waals surface area contributed by atoms with E-state index in [1.165, 1.54) is 0 Å². The van der Waals surface area contributed by atoms with Crippen LogP contribution in [0, 0.1) is 12.7 Å². The lowest BCUT2D eigenvalue weighted by molar-refractivity contribution is 0.0695. The Hall–Kier alpha value is -2.43. The van der Waals surface area contributed by atoms with Gasteiger partial charge in [-0.1, -0.05) is 17.7 Å². The summed E-state index contributed by atoms with van der Waals surface area (Å²) in [5, 5.41) is 8.67. The van der Waals surface area contributed by atoms with Crippen molar-refractivity contribution in [2.75, 3.05) is 0 Å². The molecule has 4 nitrogen and oxygen atoms in total. The molecule has 0 bridgehead atoms. The number of hydrogen-bond donors (Lipinski definition) is 1. The van der Waals surface area contributed by atoms with Crippen molar-refractivity contribution in [3.63, 3.8) is 0 Å². The van der Waals surface area contributed by atoms with Gasteiger partial charge in [-0.15, -0.1) is 0 Å². The van der Waals surface area contributed by atoms with Crippen LogP contribution in [0.2, 0.25) is 0 Å². The molecule has 0 atom stereocenters. The number of carboxylic acids is 1. The quantitative estimate of drug-likeness (QED) is 0.905. The number of ether oxygens (including phenoxy) is 1. The van der Waals surface area contributed by atoms with Gasteiger partial charge in [-0.2, -0.15) is 0 Å². The summed E-state index contributed by atoms with van der Waals surface area (Å²) in [5.74, 6) is -1.85. The minimum absolute atomic E-state index is 0.219. The number of nitrogens with zero attached hydrogens (tertiary/aromatic N) is 1. The predicted molar refractivity (Wildman–Crippen MR) is 62.4 cm³/mol. The van der Waals surface area contributed by atoms with E-state index in [0.29, 0.717) is 5.75 Å². The molecule has 0 saturated heterocycles. The molecule has 0 radical (unpaired) electrons. The van der Waals surface area contributed by atoms with E-state index < -0.39 is 11.8 Å². The lowest BCUT2D eigenvalue weighted by atomic mass is 10.2. The molecular weight excluding hydrogens is 237 g/mol. The highest BCUT2D eigenvalue weighted by Crippen LogP contribution is 2.22. The summed E-state index contributed by atoms with van der Waals surface area (Å²) in [7, 11) is 0. The van der Waals surface area contributed by atoms with Gasteiger partial charge in [-0.05, 0) is 25.1 Å². The van der Waals surface area contributed by atoms with Crippen molar-refractivity contribution in [3.05, 3.63) is 53.5 Å². The fourth-order valence-electron chi connectivity index (χ4n) is 1.34. The maximum atomic E-state index is 13.5. The van der Waals surface area contributed by atoms with Gasteiger partial charge < -0.3 is 9.84 Å². The fraction of sp³-hybridized carbons (Fsp3) is 0.0769. The molecule has 1 heterocycles. The van der Waals surface area contributed by atoms with Gasteiger partial charge in [0, 0.05) is 6.20 Å². The highest BCUT2D eigenvalue weighted by Gasteiger charge is 2.11. The molecule has 5 heteroatoms. The van der Waals surface area contributed by atoms with Gasteiger partial charge in [0.2, 0.25) is 0 Å². The lowest BCUT2D eigenvalue weighted by Gasteiger charge is -2.06. The zero-order valence-electron chi connectivity index (χ0n) is 9.55. The molecule has 2 aromatic rings. The number of aromatic nitrogens is 1. The van der Waals surface area contributed by atoms with Gasteiger partial charge >= 0.3 is 5.97 Å². The molecule has 0 fully saturated rings. The summed E-state index contributed by atoms with van der Waals surface area (Å²) in [6, 6.07) is 7.87. The number of rotatable bonds is 3. The largest absolute Gasteiger partial charge is 0.478 e. The molecule has 0 saturated carbocycles. The number of benzene rings is 1. The molecule has 0 aliphatic carbocycles. The number of halogens is 1. The number of hydrogen-bond acceptors (Lipinski definition) is 3. The summed E-state index contributed by atoms with van der Waals surface area (Å²) in [4.78, 5) is 14.3. The zero-order valence-corrected chi connectivity index (χ0v) is 9.55. The standard InChI is InChI=1S/C13H10FNO3/c1-8-2-4-10(5-3-8)18-12-11(14)6-9(7-15-12)13(16)17/h2-7H,1H3,(H,16,17). The molecule has 1 aromatic carbocycles. The first-order chi connectivity index (χ1) is 8.56. The number of carbonyl (C=O) groups is 1. The molecule has 0 aliphatic rings. The molecule has 92 valence electrons. The van der Waals surface area contributed by atoms with Gasteiger partial charge in [0.15, 0.2) is 5.82 Å². The molecule has 1 aromatic heterocycles. The molecule has 2 rings (SSSR count). The Morgan fingerprint density at radius 2 is 2.00 bits per heavy atom. The molecule has 1 N–H and O–H groups in total. The van der Waals surface area contributed by atoms with Crippen LogP contribution < -0.4 is 4.74 Å². The van der Waals surface area contributed by atoms with Crippen molar-refractivity contribution in [3.8, 4) is 11.6 Å². The third kappa shape index (κ3) is 2.63. The molecule has 0 aliphatic heterocycles. The number of aromatic carboxylic acids is 1. The summed E-state index contributed by atoms with van der Waals surface area (Å²) in [5.41, 5.74) is 0.834. The average molecular weight is 247 g/mol.